The predicted molar refractivity (Wildman–Crippen MR) is 80.1 cm³/mol. The molecule has 18 heavy (non-hydrogen) atoms. The van der Waals surface area contributed by atoms with E-state index in [1.807, 2.05) is 55.3 Å². The molecule has 0 spiro atoms. The molecule has 0 atom stereocenters. The molecule has 94 valence electrons. The van der Waals surface area contributed by atoms with E-state index in [-0.39, 0.29) is 0 Å². The van der Waals surface area contributed by atoms with E-state index >= 15 is 0 Å². The number of hydrogen-bond acceptors (Lipinski definition) is 2. The zero-order valence-corrected chi connectivity index (χ0v) is 11.8. The fourth-order valence-electron chi connectivity index (χ4n) is 1.83. The maximum Gasteiger partial charge on any atom is 0.0872 e. The van der Waals surface area contributed by atoms with Gasteiger partial charge in [-0.15, -0.1) is 0 Å². The normalized spacial score (nSPS) is 10.4. The zero-order chi connectivity index (χ0) is 13.3. The second-order valence-corrected chi connectivity index (χ2v) is 5.04. The lowest BCUT2D eigenvalue weighted by Gasteiger charge is -2.22. The predicted octanol–water partition coefficient (Wildman–Crippen LogP) is 4.65. The Morgan fingerprint density at radius 1 is 1.06 bits per heavy atom. The van der Waals surface area contributed by atoms with Gasteiger partial charge in [0, 0.05) is 17.8 Å². The summed E-state index contributed by atoms with van der Waals surface area (Å²) < 4.78 is 0. The summed E-state index contributed by atoms with van der Waals surface area (Å²) in [7, 11) is 1.95. The standard InChI is InChI=1S/C14H14Cl2N2/c1-9-7-12(17)14(16)13(8-9)18(2)11-5-3-10(15)4-6-11/h3-8H,17H2,1-2H3. The van der Waals surface area contributed by atoms with E-state index in [0.29, 0.717) is 15.7 Å². The molecule has 0 aliphatic rings. The van der Waals surface area contributed by atoms with Gasteiger partial charge in [0.05, 0.1) is 16.4 Å². The molecule has 2 N–H and O–H groups in total. The van der Waals surface area contributed by atoms with Crippen LogP contribution in [0, 0.1) is 6.92 Å². The van der Waals surface area contributed by atoms with Crippen molar-refractivity contribution in [1.29, 1.82) is 0 Å². The summed E-state index contributed by atoms with van der Waals surface area (Å²) in [6.45, 7) is 1.99. The number of rotatable bonds is 2. The number of nitrogens with zero attached hydrogens (tertiary/aromatic N) is 1. The number of anilines is 3. The first-order chi connectivity index (χ1) is 8.49. The van der Waals surface area contributed by atoms with Crippen LogP contribution in [-0.2, 0) is 0 Å². The SMILES string of the molecule is Cc1cc(N)c(Cl)c(N(C)c2ccc(Cl)cc2)c1. The molecule has 2 aromatic rings. The second-order valence-electron chi connectivity index (χ2n) is 4.22. The third kappa shape index (κ3) is 2.55. The van der Waals surface area contributed by atoms with Gasteiger partial charge in [-0.1, -0.05) is 23.2 Å². The fraction of sp³-hybridized carbons (Fsp3) is 0.143. The highest BCUT2D eigenvalue weighted by molar-refractivity contribution is 6.36. The van der Waals surface area contributed by atoms with Crippen molar-refractivity contribution < 1.29 is 0 Å². The van der Waals surface area contributed by atoms with E-state index in [4.69, 9.17) is 28.9 Å². The average Bonchev–Trinajstić information content (AvgIpc) is 2.34. The molecule has 0 aromatic heterocycles. The van der Waals surface area contributed by atoms with Gasteiger partial charge < -0.3 is 10.6 Å². The summed E-state index contributed by atoms with van der Waals surface area (Å²) in [6, 6.07) is 11.4. The maximum atomic E-state index is 6.25. The number of halogens is 2. The fourth-order valence-corrected chi connectivity index (χ4v) is 2.19. The number of nitrogens with two attached hydrogens (primary N) is 1. The van der Waals surface area contributed by atoms with Gasteiger partial charge in [-0.2, -0.15) is 0 Å². The van der Waals surface area contributed by atoms with E-state index in [0.717, 1.165) is 16.9 Å². The Kier molecular flexibility index (Phi) is 3.69. The van der Waals surface area contributed by atoms with E-state index in [9.17, 15) is 0 Å². The molecule has 2 aromatic carbocycles. The molecule has 0 radical (unpaired) electrons. The van der Waals surface area contributed by atoms with E-state index in [2.05, 4.69) is 0 Å². The Morgan fingerprint density at radius 2 is 1.67 bits per heavy atom. The molecule has 0 saturated heterocycles. The molecule has 2 rings (SSSR count). The summed E-state index contributed by atoms with van der Waals surface area (Å²) in [5, 5.41) is 1.28. The smallest absolute Gasteiger partial charge is 0.0872 e. The molecule has 0 bridgehead atoms. The lowest BCUT2D eigenvalue weighted by atomic mass is 10.1. The topological polar surface area (TPSA) is 29.3 Å². The van der Waals surface area contributed by atoms with Crippen molar-refractivity contribution in [1.82, 2.24) is 0 Å². The summed E-state index contributed by atoms with van der Waals surface area (Å²) >= 11 is 12.1. The molecule has 0 aliphatic heterocycles. The van der Waals surface area contributed by atoms with Crippen molar-refractivity contribution in [2.45, 2.75) is 6.92 Å². The van der Waals surface area contributed by atoms with Gasteiger partial charge in [-0.3, -0.25) is 0 Å². The molecular weight excluding hydrogens is 267 g/mol. The van der Waals surface area contributed by atoms with E-state index < -0.39 is 0 Å². The average molecular weight is 281 g/mol. The lowest BCUT2D eigenvalue weighted by molar-refractivity contribution is 1.20. The summed E-state index contributed by atoms with van der Waals surface area (Å²) in [4.78, 5) is 1.99. The highest BCUT2D eigenvalue weighted by Crippen LogP contribution is 2.35. The van der Waals surface area contributed by atoms with Gasteiger partial charge in [-0.25, -0.2) is 0 Å². The lowest BCUT2D eigenvalue weighted by Crippen LogP contribution is -2.10. The summed E-state index contributed by atoms with van der Waals surface area (Å²) in [6.07, 6.45) is 0. The zero-order valence-electron chi connectivity index (χ0n) is 10.2. The van der Waals surface area contributed by atoms with Crippen LogP contribution in [0.4, 0.5) is 17.1 Å². The second kappa shape index (κ2) is 5.09. The summed E-state index contributed by atoms with van der Waals surface area (Å²) in [5.74, 6) is 0. The molecule has 0 fully saturated rings. The first kappa shape index (κ1) is 13.1. The largest absolute Gasteiger partial charge is 0.397 e. The monoisotopic (exact) mass is 280 g/mol. The van der Waals surface area contributed by atoms with Crippen LogP contribution in [0.25, 0.3) is 0 Å². The highest BCUT2D eigenvalue weighted by Gasteiger charge is 2.11. The minimum absolute atomic E-state index is 0.568. The van der Waals surface area contributed by atoms with E-state index in [1.165, 1.54) is 0 Å². The molecule has 0 amide bonds. The van der Waals surface area contributed by atoms with Crippen molar-refractivity contribution in [2.75, 3.05) is 17.7 Å². The third-order valence-corrected chi connectivity index (χ3v) is 3.46. The minimum atomic E-state index is 0.568. The van der Waals surface area contributed by atoms with Gasteiger partial charge in [0.2, 0.25) is 0 Å². The quantitative estimate of drug-likeness (QED) is 0.812. The van der Waals surface area contributed by atoms with Crippen LogP contribution in [-0.4, -0.2) is 7.05 Å². The first-order valence-corrected chi connectivity index (χ1v) is 6.29. The van der Waals surface area contributed by atoms with Crippen LogP contribution < -0.4 is 10.6 Å². The molecule has 2 nitrogen and oxygen atoms in total. The third-order valence-electron chi connectivity index (χ3n) is 2.80. The van der Waals surface area contributed by atoms with Crippen molar-refractivity contribution in [3.8, 4) is 0 Å². The Hall–Kier alpha value is -1.38. The Bertz CT molecular complexity index is 565. The van der Waals surface area contributed by atoms with Crippen molar-refractivity contribution in [2.24, 2.45) is 0 Å². The molecule has 0 unspecified atom stereocenters. The Labute approximate surface area is 117 Å². The number of hydrogen-bond donors (Lipinski definition) is 1. The minimum Gasteiger partial charge on any atom is -0.397 e. The van der Waals surface area contributed by atoms with Gasteiger partial charge in [0.25, 0.3) is 0 Å². The maximum absolute atomic E-state index is 6.25. The molecule has 0 saturated carbocycles. The Morgan fingerprint density at radius 3 is 2.28 bits per heavy atom. The van der Waals surface area contributed by atoms with Crippen LogP contribution >= 0.6 is 23.2 Å². The molecule has 0 heterocycles. The van der Waals surface area contributed by atoms with Gasteiger partial charge in [0.15, 0.2) is 0 Å². The first-order valence-electron chi connectivity index (χ1n) is 5.54. The van der Waals surface area contributed by atoms with E-state index in [1.54, 1.807) is 0 Å². The van der Waals surface area contributed by atoms with Gasteiger partial charge in [-0.05, 0) is 48.9 Å². The molecule has 4 heteroatoms. The van der Waals surface area contributed by atoms with Gasteiger partial charge >= 0.3 is 0 Å². The van der Waals surface area contributed by atoms with Crippen LogP contribution in [0.1, 0.15) is 5.56 Å². The number of aryl methyl sites for hydroxylation is 1. The van der Waals surface area contributed by atoms with Crippen LogP contribution in [0.5, 0.6) is 0 Å². The van der Waals surface area contributed by atoms with Crippen molar-refractivity contribution in [3.63, 3.8) is 0 Å². The molecule has 0 aliphatic carbocycles. The van der Waals surface area contributed by atoms with Crippen LogP contribution in [0.15, 0.2) is 36.4 Å². The number of nitrogen functional groups attached to an aromatic ring is 1. The van der Waals surface area contributed by atoms with Gasteiger partial charge in [0.1, 0.15) is 0 Å². The highest BCUT2D eigenvalue weighted by atomic mass is 35.5. The van der Waals surface area contributed by atoms with Crippen molar-refractivity contribution in [3.05, 3.63) is 52.0 Å². The molecular formula is C14H14Cl2N2. The Balaban J connectivity index is 2.45. The van der Waals surface area contributed by atoms with Crippen LogP contribution in [0.2, 0.25) is 10.0 Å². The van der Waals surface area contributed by atoms with Crippen molar-refractivity contribution >= 4 is 40.3 Å². The van der Waals surface area contributed by atoms with Crippen LogP contribution in [0.3, 0.4) is 0 Å². The summed E-state index contributed by atoms with van der Waals surface area (Å²) in [5.41, 5.74) is 9.44. The number of benzene rings is 2.